The van der Waals surface area contributed by atoms with E-state index in [-0.39, 0.29) is 5.91 Å². The summed E-state index contributed by atoms with van der Waals surface area (Å²) < 4.78 is 1.14. The molecule has 1 N–H and O–H groups in total. The number of para-hydroxylation sites is 1. The van der Waals surface area contributed by atoms with Crippen molar-refractivity contribution in [2.75, 3.05) is 5.32 Å². The van der Waals surface area contributed by atoms with Crippen molar-refractivity contribution < 1.29 is 4.79 Å². The van der Waals surface area contributed by atoms with E-state index in [2.05, 4.69) is 57.3 Å². The molecule has 3 rings (SSSR count). The maximum atomic E-state index is 12.8. The third-order valence-corrected chi connectivity index (χ3v) is 5.38. The van der Waals surface area contributed by atoms with E-state index in [1.54, 1.807) is 11.3 Å². The fourth-order valence-electron chi connectivity index (χ4n) is 2.96. The van der Waals surface area contributed by atoms with Crippen molar-refractivity contribution in [1.82, 2.24) is 0 Å². The molecule has 0 fully saturated rings. The van der Waals surface area contributed by atoms with Crippen LogP contribution < -0.4 is 5.32 Å². The summed E-state index contributed by atoms with van der Waals surface area (Å²) >= 11 is 1.54. The van der Waals surface area contributed by atoms with Gasteiger partial charge in [-0.3, -0.25) is 4.79 Å². The molecule has 0 aliphatic heterocycles. The van der Waals surface area contributed by atoms with Crippen LogP contribution in [0.25, 0.3) is 10.1 Å². The van der Waals surface area contributed by atoms with Crippen LogP contribution in [0.15, 0.2) is 48.5 Å². The summed E-state index contributed by atoms with van der Waals surface area (Å²) in [4.78, 5) is 13.6. The molecule has 0 saturated heterocycles. The zero-order valence-electron chi connectivity index (χ0n) is 14.6. The molecule has 24 heavy (non-hydrogen) atoms. The van der Waals surface area contributed by atoms with Gasteiger partial charge in [0.15, 0.2) is 0 Å². The minimum atomic E-state index is -0.0220. The Morgan fingerprint density at radius 1 is 0.917 bits per heavy atom. The third kappa shape index (κ3) is 3.22. The van der Waals surface area contributed by atoms with E-state index < -0.39 is 0 Å². The Balaban J connectivity index is 1.99. The molecule has 3 aromatic rings. The van der Waals surface area contributed by atoms with Crippen molar-refractivity contribution in [1.29, 1.82) is 0 Å². The van der Waals surface area contributed by atoms with Crippen LogP contribution in [0.3, 0.4) is 0 Å². The number of anilines is 1. The summed E-state index contributed by atoms with van der Waals surface area (Å²) in [6, 6.07) is 16.4. The number of fused-ring (bicyclic) bond motifs is 1. The van der Waals surface area contributed by atoms with Gasteiger partial charge in [-0.25, -0.2) is 0 Å². The van der Waals surface area contributed by atoms with Crippen molar-refractivity contribution in [2.45, 2.75) is 39.5 Å². The van der Waals surface area contributed by atoms with Crippen molar-refractivity contribution >= 4 is 33.0 Å². The molecule has 2 nitrogen and oxygen atoms in total. The lowest BCUT2D eigenvalue weighted by atomic mass is 9.92. The minimum Gasteiger partial charge on any atom is -0.321 e. The zero-order chi connectivity index (χ0) is 17.3. The number of hydrogen-bond acceptors (Lipinski definition) is 2. The smallest absolute Gasteiger partial charge is 0.265 e. The molecular weight excluding hydrogens is 314 g/mol. The molecule has 0 radical (unpaired) electrons. The normalized spacial score (nSPS) is 11.4. The molecule has 124 valence electrons. The van der Waals surface area contributed by atoms with Gasteiger partial charge in [-0.05, 0) is 40.5 Å². The van der Waals surface area contributed by atoms with E-state index in [4.69, 9.17) is 0 Å². The van der Waals surface area contributed by atoms with Crippen LogP contribution in [-0.2, 0) is 0 Å². The molecule has 0 aliphatic carbocycles. The van der Waals surface area contributed by atoms with Crippen LogP contribution in [0.5, 0.6) is 0 Å². The molecule has 1 heterocycles. The number of thiophene rings is 1. The molecule has 0 unspecified atom stereocenters. The summed E-state index contributed by atoms with van der Waals surface area (Å²) in [5.74, 6) is 0.703. The Bertz CT molecular complexity index is 817. The molecule has 1 aromatic heterocycles. The molecular formula is C21H23NOS. The predicted octanol–water partition coefficient (Wildman–Crippen LogP) is 6.40. The lowest BCUT2D eigenvalue weighted by molar-refractivity contribution is 0.103. The number of hydrogen-bond donors (Lipinski definition) is 1. The minimum absolute atomic E-state index is 0.0220. The second-order valence-corrected chi connectivity index (χ2v) is 7.81. The quantitative estimate of drug-likeness (QED) is 0.586. The second-order valence-electron chi connectivity index (χ2n) is 6.72. The van der Waals surface area contributed by atoms with E-state index in [1.807, 2.05) is 24.3 Å². The first kappa shape index (κ1) is 16.7. The number of nitrogens with one attached hydrogen (secondary N) is 1. The van der Waals surface area contributed by atoms with E-state index in [0.717, 1.165) is 20.7 Å². The molecule has 0 atom stereocenters. The SMILES string of the molecule is CC(C)c1cccc(C(C)C)c1NC(=O)c1cc2ccccc2s1. The van der Waals surface area contributed by atoms with Gasteiger partial charge in [0.1, 0.15) is 0 Å². The van der Waals surface area contributed by atoms with Gasteiger partial charge in [0.05, 0.1) is 4.88 Å². The van der Waals surface area contributed by atoms with Crippen molar-refractivity contribution in [3.63, 3.8) is 0 Å². The number of benzene rings is 2. The van der Waals surface area contributed by atoms with Crippen LogP contribution in [0.2, 0.25) is 0 Å². The largest absolute Gasteiger partial charge is 0.321 e. The summed E-state index contributed by atoms with van der Waals surface area (Å²) in [7, 11) is 0. The highest BCUT2D eigenvalue weighted by Crippen LogP contribution is 2.33. The molecule has 0 spiro atoms. The molecule has 1 amide bonds. The van der Waals surface area contributed by atoms with E-state index in [9.17, 15) is 4.79 Å². The monoisotopic (exact) mass is 337 g/mol. The summed E-state index contributed by atoms with van der Waals surface area (Å²) in [6.45, 7) is 8.64. The van der Waals surface area contributed by atoms with Crippen molar-refractivity contribution in [3.8, 4) is 0 Å². The maximum Gasteiger partial charge on any atom is 0.265 e. The topological polar surface area (TPSA) is 29.1 Å². The van der Waals surface area contributed by atoms with Gasteiger partial charge in [0.2, 0.25) is 0 Å². The van der Waals surface area contributed by atoms with Gasteiger partial charge in [-0.1, -0.05) is 64.1 Å². The van der Waals surface area contributed by atoms with Gasteiger partial charge >= 0.3 is 0 Å². The highest BCUT2D eigenvalue weighted by molar-refractivity contribution is 7.20. The number of carbonyl (C=O) groups is 1. The Labute approximate surface area is 147 Å². The van der Waals surface area contributed by atoms with Crippen LogP contribution >= 0.6 is 11.3 Å². The third-order valence-electron chi connectivity index (χ3n) is 4.26. The average molecular weight is 337 g/mol. The van der Waals surface area contributed by atoms with Gasteiger partial charge in [0, 0.05) is 10.4 Å². The van der Waals surface area contributed by atoms with E-state index >= 15 is 0 Å². The number of amides is 1. The first-order chi connectivity index (χ1) is 11.5. The zero-order valence-corrected chi connectivity index (χ0v) is 15.4. The fraction of sp³-hybridized carbons (Fsp3) is 0.286. The van der Waals surface area contributed by atoms with Crippen molar-refractivity contribution in [2.24, 2.45) is 0 Å². The van der Waals surface area contributed by atoms with Crippen LogP contribution in [0.4, 0.5) is 5.69 Å². The average Bonchev–Trinajstić information content (AvgIpc) is 2.98. The summed E-state index contributed by atoms with van der Waals surface area (Å²) in [6.07, 6.45) is 0. The van der Waals surface area contributed by atoms with Gasteiger partial charge in [-0.2, -0.15) is 0 Å². The molecule has 0 bridgehead atoms. The van der Waals surface area contributed by atoms with Crippen LogP contribution in [-0.4, -0.2) is 5.91 Å². The Hall–Kier alpha value is -2.13. The number of rotatable bonds is 4. The predicted molar refractivity (Wildman–Crippen MR) is 104 cm³/mol. The molecule has 0 saturated carbocycles. The molecule has 0 aliphatic rings. The van der Waals surface area contributed by atoms with Crippen LogP contribution in [0.1, 0.15) is 60.3 Å². The van der Waals surface area contributed by atoms with Crippen LogP contribution in [0, 0.1) is 0 Å². The molecule has 2 aromatic carbocycles. The highest BCUT2D eigenvalue weighted by Gasteiger charge is 2.18. The van der Waals surface area contributed by atoms with Gasteiger partial charge in [0.25, 0.3) is 5.91 Å². The Morgan fingerprint density at radius 2 is 1.54 bits per heavy atom. The lowest BCUT2D eigenvalue weighted by Crippen LogP contribution is -2.14. The highest BCUT2D eigenvalue weighted by atomic mass is 32.1. The summed E-state index contributed by atoms with van der Waals surface area (Å²) in [5, 5.41) is 4.31. The second kappa shape index (κ2) is 6.78. The van der Waals surface area contributed by atoms with Crippen molar-refractivity contribution in [3.05, 3.63) is 64.5 Å². The van der Waals surface area contributed by atoms with Gasteiger partial charge in [-0.15, -0.1) is 11.3 Å². The van der Waals surface area contributed by atoms with E-state index in [1.165, 1.54) is 11.1 Å². The Kier molecular flexibility index (Phi) is 4.72. The Morgan fingerprint density at radius 3 is 2.12 bits per heavy atom. The summed E-state index contributed by atoms with van der Waals surface area (Å²) in [5.41, 5.74) is 3.36. The lowest BCUT2D eigenvalue weighted by Gasteiger charge is -2.19. The maximum absolute atomic E-state index is 12.8. The fourth-order valence-corrected chi connectivity index (χ4v) is 3.92. The first-order valence-corrected chi connectivity index (χ1v) is 9.21. The van der Waals surface area contributed by atoms with Gasteiger partial charge < -0.3 is 5.32 Å². The van der Waals surface area contributed by atoms with E-state index in [0.29, 0.717) is 11.8 Å². The number of carbonyl (C=O) groups excluding carboxylic acids is 1. The standard InChI is InChI=1S/C21H23NOS/c1-13(2)16-9-7-10-17(14(3)4)20(16)22-21(23)19-12-15-8-5-6-11-18(15)24-19/h5-14H,1-4H3,(H,22,23). The molecule has 3 heteroatoms. The first-order valence-electron chi connectivity index (χ1n) is 8.40.